The van der Waals surface area contributed by atoms with Crippen LogP contribution in [0.25, 0.3) is 10.9 Å². The number of nitrogens with one attached hydrogen (secondary N) is 1. The number of fused-ring (bicyclic) bond motifs is 4. The maximum Gasteiger partial charge on any atom is 0.287 e. The van der Waals surface area contributed by atoms with Gasteiger partial charge in [-0.3, -0.25) is 4.79 Å². The first kappa shape index (κ1) is 26.0. The van der Waals surface area contributed by atoms with E-state index in [9.17, 15) is 4.79 Å². The van der Waals surface area contributed by atoms with Gasteiger partial charge in [0.15, 0.2) is 17.9 Å². The molecule has 10 nitrogen and oxygen atoms in total. The first-order valence-electron chi connectivity index (χ1n) is 13.1. The molecule has 5 unspecified atom stereocenters. The number of nitrogens with zero attached hydrogens (tertiary/aromatic N) is 2. The van der Waals surface area contributed by atoms with E-state index in [1.165, 1.54) is 6.21 Å². The third kappa shape index (κ3) is 5.18. The average Bonchev–Trinajstić information content (AvgIpc) is 3.51. The summed E-state index contributed by atoms with van der Waals surface area (Å²) in [5, 5.41) is 5.09. The normalized spacial score (nSPS) is 28.9. The lowest BCUT2D eigenvalue weighted by atomic mass is 10.00. The maximum atomic E-state index is 13.1. The number of carbonyl (C=O) groups excluding carboxylic acids is 1. The van der Waals surface area contributed by atoms with Crippen molar-refractivity contribution in [3.8, 4) is 5.75 Å². The van der Waals surface area contributed by atoms with Gasteiger partial charge in [-0.05, 0) is 57.5 Å². The molecule has 3 fully saturated rings. The predicted molar refractivity (Wildman–Crippen MR) is 142 cm³/mol. The second-order valence-electron chi connectivity index (χ2n) is 10.9. The molecule has 10 heteroatoms. The molecule has 2 aromatic carbocycles. The predicted octanol–water partition coefficient (Wildman–Crippen LogP) is 3.87. The van der Waals surface area contributed by atoms with Crippen LogP contribution in [0.3, 0.4) is 0 Å². The number of benzene rings is 2. The summed E-state index contributed by atoms with van der Waals surface area (Å²) >= 11 is 0. The number of hydrogen-bond donors (Lipinski definition) is 1. The Kier molecular flexibility index (Phi) is 6.47. The van der Waals surface area contributed by atoms with Gasteiger partial charge < -0.3 is 33.0 Å². The number of hydrogen-bond acceptors (Lipinski definition) is 8. The molecule has 3 aliphatic rings. The molecule has 1 amide bonds. The van der Waals surface area contributed by atoms with Crippen molar-refractivity contribution < 1.29 is 33.2 Å². The fourth-order valence-electron chi connectivity index (χ4n) is 5.37. The number of aromatic nitrogens is 1. The topological polar surface area (TPSA) is 102 Å². The van der Waals surface area contributed by atoms with Gasteiger partial charge in [-0.15, -0.1) is 0 Å². The van der Waals surface area contributed by atoms with E-state index >= 15 is 0 Å². The van der Waals surface area contributed by atoms with Crippen LogP contribution in [-0.2, 0) is 37.3 Å². The van der Waals surface area contributed by atoms with Crippen LogP contribution in [0.15, 0.2) is 59.7 Å². The van der Waals surface area contributed by atoms with E-state index in [2.05, 4.69) is 10.5 Å². The third-order valence-electron chi connectivity index (χ3n) is 7.07. The Morgan fingerprint density at radius 2 is 1.69 bits per heavy atom. The van der Waals surface area contributed by atoms with Crippen LogP contribution in [0.4, 0.5) is 0 Å². The van der Waals surface area contributed by atoms with E-state index in [1.54, 1.807) is 0 Å². The average molecular weight is 536 g/mol. The molecule has 0 spiro atoms. The largest absolute Gasteiger partial charge is 0.489 e. The highest BCUT2D eigenvalue weighted by Gasteiger charge is 2.60. The van der Waals surface area contributed by atoms with E-state index in [0.29, 0.717) is 12.3 Å². The zero-order chi connectivity index (χ0) is 27.4. The quantitative estimate of drug-likeness (QED) is 0.378. The van der Waals surface area contributed by atoms with Gasteiger partial charge in [0.25, 0.3) is 5.91 Å². The molecule has 3 aliphatic heterocycles. The number of aryl methyl sites for hydroxylation is 1. The molecule has 0 radical (unpaired) electrons. The summed E-state index contributed by atoms with van der Waals surface area (Å²) in [6.45, 7) is 7.81. The van der Waals surface area contributed by atoms with Crippen LogP contribution in [0.1, 0.15) is 43.7 Å². The van der Waals surface area contributed by atoms with Gasteiger partial charge in [0, 0.05) is 18.0 Å². The van der Waals surface area contributed by atoms with Gasteiger partial charge in [-0.2, -0.15) is 5.10 Å². The van der Waals surface area contributed by atoms with Crippen LogP contribution >= 0.6 is 0 Å². The molecule has 6 rings (SSSR count). The standard InChI is InChI=1S/C29H33N3O7/c1-28(2)36-23-22(35-27-25(24(23)37-28)38-29(3,4)39-27)15-30-31-26(33)21-14-18-13-19(11-12-20(18)32(21)5)34-16-17-9-7-6-8-10-17/h6-15,22-25,27H,16H2,1-5H3,(H,31,33). The lowest BCUT2D eigenvalue weighted by molar-refractivity contribution is -0.217. The molecule has 1 aromatic heterocycles. The second kappa shape index (κ2) is 9.72. The minimum absolute atomic E-state index is 0.354. The Labute approximate surface area is 226 Å². The van der Waals surface area contributed by atoms with E-state index in [-0.39, 0.29) is 5.91 Å². The summed E-state index contributed by atoms with van der Waals surface area (Å²) in [5.41, 5.74) is 5.06. The number of ether oxygens (including phenoxy) is 6. The maximum absolute atomic E-state index is 13.1. The van der Waals surface area contributed by atoms with E-state index in [0.717, 1.165) is 22.2 Å². The monoisotopic (exact) mass is 535 g/mol. The van der Waals surface area contributed by atoms with Crippen molar-refractivity contribution in [3.63, 3.8) is 0 Å². The summed E-state index contributed by atoms with van der Waals surface area (Å²) in [4.78, 5) is 13.1. The Balaban J connectivity index is 1.14. The summed E-state index contributed by atoms with van der Waals surface area (Å²) in [5.74, 6) is -1.25. The first-order valence-corrected chi connectivity index (χ1v) is 13.1. The number of carbonyl (C=O) groups is 1. The van der Waals surface area contributed by atoms with Crippen LogP contribution in [-0.4, -0.2) is 59.0 Å². The fraction of sp³-hybridized carbons (Fsp3) is 0.448. The third-order valence-corrected chi connectivity index (χ3v) is 7.07. The molecular weight excluding hydrogens is 502 g/mol. The van der Waals surface area contributed by atoms with Crippen molar-refractivity contribution in [3.05, 3.63) is 65.9 Å². The van der Waals surface area contributed by atoms with E-state index in [1.807, 2.05) is 93.9 Å². The molecule has 1 N–H and O–H groups in total. The molecule has 4 heterocycles. The first-order chi connectivity index (χ1) is 18.6. The Morgan fingerprint density at radius 1 is 0.974 bits per heavy atom. The zero-order valence-corrected chi connectivity index (χ0v) is 22.6. The van der Waals surface area contributed by atoms with Crippen molar-refractivity contribution in [2.45, 2.75) is 76.6 Å². The number of rotatable bonds is 6. The van der Waals surface area contributed by atoms with Crippen molar-refractivity contribution in [1.82, 2.24) is 9.99 Å². The van der Waals surface area contributed by atoms with Gasteiger partial charge in [-0.1, -0.05) is 30.3 Å². The highest BCUT2D eigenvalue weighted by molar-refractivity contribution is 5.99. The van der Waals surface area contributed by atoms with Gasteiger partial charge in [0.2, 0.25) is 0 Å². The zero-order valence-electron chi connectivity index (χ0n) is 22.6. The summed E-state index contributed by atoms with van der Waals surface area (Å²) in [7, 11) is 1.84. The van der Waals surface area contributed by atoms with Crippen LogP contribution < -0.4 is 10.2 Å². The minimum atomic E-state index is -0.814. The Hall–Kier alpha value is -3.28. The van der Waals surface area contributed by atoms with Crippen molar-refractivity contribution >= 4 is 23.0 Å². The highest BCUT2D eigenvalue weighted by Crippen LogP contribution is 2.43. The van der Waals surface area contributed by atoms with E-state index < -0.39 is 42.3 Å². The molecule has 0 aliphatic carbocycles. The number of amides is 1. The summed E-state index contributed by atoms with van der Waals surface area (Å²) in [6.07, 6.45) is -1.02. The van der Waals surface area contributed by atoms with Crippen LogP contribution in [0, 0.1) is 0 Å². The van der Waals surface area contributed by atoms with Crippen LogP contribution in [0.2, 0.25) is 0 Å². The highest BCUT2D eigenvalue weighted by atomic mass is 16.9. The summed E-state index contributed by atoms with van der Waals surface area (Å²) in [6, 6.07) is 17.5. The molecule has 5 atom stereocenters. The molecule has 206 valence electrons. The molecule has 0 bridgehead atoms. The van der Waals surface area contributed by atoms with Gasteiger partial charge in [0.1, 0.15) is 42.5 Å². The van der Waals surface area contributed by atoms with Crippen LogP contribution in [0.5, 0.6) is 5.75 Å². The lowest BCUT2D eigenvalue weighted by Gasteiger charge is -2.35. The SMILES string of the molecule is Cn1c(C(=O)NN=CC2OC3OC(C)(C)OC3C3OC(C)(C)OC23)cc2cc(OCc3ccccc3)ccc21. The lowest BCUT2D eigenvalue weighted by Crippen LogP contribution is -2.55. The molecule has 3 aromatic rings. The van der Waals surface area contributed by atoms with Crippen molar-refractivity contribution in [2.24, 2.45) is 12.1 Å². The fourth-order valence-corrected chi connectivity index (χ4v) is 5.37. The number of hydrazone groups is 1. The van der Waals surface area contributed by atoms with Gasteiger partial charge >= 0.3 is 0 Å². The molecular formula is C29H33N3O7. The van der Waals surface area contributed by atoms with Crippen molar-refractivity contribution in [2.75, 3.05) is 0 Å². The molecule has 0 saturated carbocycles. The van der Waals surface area contributed by atoms with E-state index in [4.69, 9.17) is 28.4 Å². The Bertz CT molecular complexity index is 1400. The molecule has 3 saturated heterocycles. The molecule has 39 heavy (non-hydrogen) atoms. The minimum Gasteiger partial charge on any atom is -0.489 e. The van der Waals surface area contributed by atoms with Gasteiger partial charge in [-0.25, -0.2) is 5.43 Å². The summed E-state index contributed by atoms with van der Waals surface area (Å²) < 4.78 is 38.0. The smallest absolute Gasteiger partial charge is 0.287 e. The van der Waals surface area contributed by atoms with Crippen molar-refractivity contribution in [1.29, 1.82) is 0 Å². The Morgan fingerprint density at radius 3 is 2.49 bits per heavy atom. The second-order valence-corrected chi connectivity index (χ2v) is 10.9. The van der Waals surface area contributed by atoms with Gasteiger partial charge in [0.05, 0.1) is 6.21 Å².